The second-order valence-electron chi connectivity index (χ2n) is 6.50. The van der Waals surface area contributed by atoms with Crippen molar-refractivity contribution < 1.29 is 9.53 Å². The number of aromatic nitrogens is 3. The quantitative estimate of drug-likeness (QED) is 0.639. The van der Waals surface area contributed by atoms with E-state index < -0.39 is 5.54 Å². The van der Waals surface area contributed by atoms with E-state index in [1.54, 1.807) is 35.4 Å². The molecular formula is C20H23Cl2N5O2. The zero-order chi connectivity index (χ0) is 18.5. The summed E-state index contributed by atoms with van der Waals surface area (Å²) >= 11 is 0. The Labute approximate surface area is 181 Å². The Morgan fingerprint density at radius 3 is 2.28 bits per heavy atom. The van der Waals surface area contributed by atoms with Gasteiger partial charge in [0, 0.05) is 30.5 Å². The van der Waals surface area contributed by atoms with Gasteiger partial charge in [0.2, 0.25) is 0 Å². The van der Waals surface area contributed by atoms with Crippen LogP contribution in [0.5, 0.6) is 11.5 Å². The third-order valence-corrected chi connectivity index (χ3v) is 4.79. The number of hydrogen-bond donors (Lipinski definition) is 2. The van der Waals surface area contributed by atoms with Gasteiger partial charge in [0.1, 0.15) is 17.0 Å². The first-order valence-electron chi connectivity index (χ1n) is 8.97. The predicted molar refractivity (Wildman–Crippen MR) is 116 cm³/mol. The van der Waals surface area contributed by atoms with Gasteiger partial charge < -0.3 is 15.4 Å². The molecule has 3 heterocycles. The second kappa shape index (κ2) is 10.2. The Bertz CT molecular complexity index is 883. The van der Waals surface area contributed by atoms with Crippen LogP contribution in [0.4, 0.5) is 5.69 Å². The van der Waals surface area contributed by atoms with Crippen LogP contribution in [0.2, 0.25) is 0 Å². The van der Waals surface area contributed by atoms with Crippen LogP contribution in [-0.2, 0) is 10.3 Å². The summed E-state index contributed by atoms with van der Waals surface area (Å²) in [5.74, 6) is 1.37. The first-order chi connectivity index (χ1) is 13.3. The number of nitrogens with one attached hydrogen (secondary N) is 2. The van der Waals surface area contributed by atoms with Crippen LogP contribution < -0.4 is 15.4 Å². The van der Waals surface area contributed by atoms with Crippen molar-refractivity contribution in [2.45, 2.75) is 18.4 Å². The molecule has 29 heavy (non-hydrogen) atoms. The molecule has 1 fully saturated rings. The van der Waals surface area contributed by atoms with Crippen LogP contribution in [0.15, 0.2) is 67.3 Å². The summed E-state index contributed by atoms with van der Waals surface area (Å²) in [6.07, 6.45) is 8.32. The molecule has 0 radical (unpaired) electrons. The molecule has 0 atom stereocenters. The molecule has 9 heteroatoms. The van der Waals surface area contributed by atoms with Crippen LogP contribution in [-0.4, -0.2) is 33.8 Å². The minimum Gasteiger partial charge on any atom is -0.457 e. The van der Waals surface area contributed by atoms with Crippen molar-refractivity contribution in [3.05, 3.63) is 67.3 Å². The van der Waals surface area contributed by atoms with Crippen molar-refractivity contribution in [1.82, 2.24) is 20.1 Å². The number of pyridine rings is 1. The fraction of sp³-hybridized carbons (Fsp3) is 0.250. The molecule has 154 valence electrons. The standard InChI is InChI=1S/C20H21N5O2.2ClH/c26-19(20(8-13-22-14-9-20)25-15-1-10-23-25)24-16-2-4-17(5-3-16)27-18-6-11-21-12-7-18;;/h1-7,10-12,15,22H,8-9,13-14H2,(H,24,26);2*1H. The van der Waals surface area contributed by atoms with Gasteiger partial charge in [-0.25, -0.2) is 0 Å². The van der Waals surface area contributed by atoms with E-state index in [-0.39, 0.29) is 30.7 Å². The number of ether oxygens (including phenoxy) is 1. The Hall–Kier alpha value is -2.61. The highest BCUT2D eigenvalue weighted by Crippen LogP contribution is 2.29. The lowest BCUT2D eigenvalue weighted by Crippen LogP contribution is -2.52. The number of carbonyl (C=O) groups is 1. The van der Waals surface area contributed by atoms with E-state index in [2.05, 4.69) is 20.7 Å². The molecule has 1 aromatic carbocycles. The predicted octanol–water partition coefficient (Wildman–Crippen LogP) is 3.63. The van der Waals surface area contributed by atoms with Gasteiger partial charge in [0.05, 0.1) is 0 Å². The Balaban J connectivity index is 0.00000150. The number of hydrogen-bond acceptors (Lipinski definition) is 5. The number of nitrogens with zero attached hydrogens (tertiary/aromatic N) is 3. The Morgan fingerprint density at radius 1 is 1.00 bits per heavy atom. The molecule has 4 rings (SSSR count). The number of amides is 1. The lowest BCUT2D eigenvalue weighted by Gasteiger charge is -2.36. The number of benzene rings is 1. The molecule has 0 bridgehead atoms. The molecule has 2 N–H and O–H groups in total. The Morgan fingerprint density at radius 2 is 1.66 bits per heavy atom. The number of carbonyl (C=O) groups excluding carboxylic acids is 1. The summed E-state index contributed by atoms with van der Waals surface area (Å²) in [5.41, 5.74) is 0.0631. The number of halogens is 2. The fourth-order valence-electron chi connectivity index (χ4n) is 3.32. The van der Waals surface area contributed by atoms with Crippen molar-refractivity contribution >= 4 is 36.4 Å². The van der Waals surface area contributed by atoms with Gasteiger partial charge in [0.25, 0.3) is 5.91 Å². The summed E-state index contributed by atoms with van der Waals surface area (Å²) in [6, 6.07) is 12.8. The van der Waals surface area contributed by atoms with E-state index in [4.69, 9.17) is 4.74 Å². The highest BCUT2D eigenvalue weighted by atomic mass is 35.5. The van der Waals surface area contributed by atoms with Gasteiger partial charge >= 0.3 is 0 Å². The van der Waals surface area contributed by atoms with Gasteiger partial charge in [0.15, 0.2) is 0 Å². The van der Waals surface area contributed by atoms with E-state index in [0.717, 1.165) is 18.8 Å². The average molecular weight is 436 g/mol. The van der Waals surface area contributed by atoms with Crippen molar-refractivity contribution in [3.8, 4) is 11.5 Å². The first-order valence-corrected chi connectivity index (χ1v) is 8.97. The fourth-order valence-corrected chi connectivity index (χ4v) is 3.32. The van der Waals surface area contributed by atoms with Gasteiger partial charge in [-0.2, -0.15) is 5.10 Å². The van der Waals surface area contributed by atoms with Crippen molar-refractivity contribution in [2.24, 2.45) is 0 Å². The highest BCUT2D eigenvalue weighted by Gasteiger charge is 2.42. The van der Waals surface area contributed by atoms with Crippen molar-refractivity contribution in [3.63, 3.8) is 0 Å². The smallest absolute Gasteiger partial charge is 0.252 e. The largest absolute Gasteiger partial charge is 0.457 e. The van der Waals surface area contributed by atoms with Crippen LogP contribution in [0.3, 0.4) is 0 Å². The number of piperidine rings is 1. The molecule has 0 unspecified atom stereocenters. The monoisotopic (exact) mass is 435 g/mol. The van der Waals surface area contributed by atoms with Crippen LogP contribution in [0, 0.1) is 0 Å². The van der Waals surface area contributed by atoms with Gasteiger partial charge in [-0.05, 0) is 68.4 Å². The topological polar surface area (TPSA) is 81.1 Å². The minimum atomic E-state index is -0.666. The van der Waals surface area contributed by atoms with Crippen LogP contribution >= 0.6 is 24.8 Å². The zero-order valence-electron chi connectivity index (χ0n) is 15.7. The van der Waals surface area contributed by atoms with Gasteiger partial charge in [-0.15, -0.1) is 24.8 Å². The normalized spacial score (nSPS) is 14.8. The maximum absolute atomic E-state index is 13.1. The maximum atomic E-state index is 13.1. The van der Waals surface area contributed by atoms with Crippen molar-refractivity contribution in [1.29, 1.82) is 0 Å². The molecule has 1 saturated heterocycles. The van der Waals surface area contributed by atoms with E-state index in [1.807, 2.05) is 36.5 Å². The van der Waals surface area contributed by atoms with Crippen LogP contribution in [0.1, 0.15) is 12.8 Å². The molecule has 7 nitrogen and oxygen atoms in total. The summed E-state index contributed by atoms with van der Waals surface area (Å²) in [5, 5.41) is 10.7. The number of rotatable bonds is 5. The Kier molecular flexibility index (Phi) is 8.01. The molecule has 1 aliphatic rings. The molecule has 0 spiro atoms. The van der Waals surface area contributed by atoms with Crippen molar-refractivity contribution in [2.75, 3.05) is 18.4 Å². The molecule has 0 aliphatic carbocycles. The summed E-state index contributed by atoms with van der Waals surface area (Å²) in [6.45, 7) is 1.57. The molecule has 1 amide bonds. The minimum absolute atomic E-state index is 0. The first kappa shape index (κ1) is 22.7. The third kappa shape index (κ3) is 5.06. The summed E-state index contributed by atoms with van der Waals surface area (Å²) in [4.78, 5) is 17.1. The molecular weight excluding hydrogens is 413 g/mol. The summed E-state index contributed by atoms with van der Waals surface area (Å²) in [7, 11) is 0. The average Bonchev–Trinajstić information content (AvgIpc) is 3.26. The van der Waals surface area contributed by atoms with E-state index in [0.29, 0.717) is 24.3 Å². The number of anilines is 1. The molecule has 2 aromatic heterocycles. The highest BCUT2D eigenvalue weighted by molar-refractivity contribution is 5.96. The molecule has 1 aliphatic heterocycles. The third-order valence-electron chi connectivity index (χ3n) is 4.79. The molecule has 0 saturated carbocycles. The lowest BCUT2D eigenvalue weighted by molar-refractivity contribution is -0.126. The van der Waals surface area contributed by atoms with Gasteiger partial charge in [-0.3, -0.25) is 14.5 Å². The SMILES string of the molecule is Cl.Cl.O=C(Nc1ccc(Oc2ccncc2)cc1)C1(n2cccn2)CCNCC1. The zero-order valence-corrected chi connectivity index (χ0v) is 17.3. The van der Waals surface area contributed by atoms with Crippen LogP contribution in [0.25, 0.3) is 0 Å². The van der Waals surface area contributed by atoms with E-state index in [9.17, 15) is 4.79 Å². The van der Waals surface area contributed by atoms with E-state index >= 15 is 0 Å². The summed E-state index contributed by atoms with van der Waals surface area (Å²) < 4.78 is 7.54. The van der Waals surface area contributed by atoms with Gasteiger partial charge in [-0.1, -0.05) is 0 Å². The molecule has 3 aromatic rings. The second-order valence-corrected chi connectivity index (χ2v) is 6.50. The lowest BCUT2D eigenvalue weighted by atomic mass is 9.87. The maximum Gasteiger partial charge on any atom is 0.252 e. The van der Waals surface area contributed by atoms with E-state index in [1.165, 1.54) is 0 Å².